The third-order valence-corrected chi connectivity index (χ3v) is 1.84. The van der Waals surface area contributed by atoms with Gasteiger partial charge in [0.25, 0.3) is 0 Å². The van der Waals surface area contributed by atoms with E-state index < -0.39 is 0 Å². The molecule has 1 saturated heterocycles. The fraction of sp³-hybridized carbons (Fsp3) is 1.00. The van der Waals surface area contributed by atoms with Gasteiger partial charge in [0, 0.05) is 19.1 Å². The third-order valence-electron chi connectivity index (χ3n) is 1.84. The van der Waals surface area contributed by atoms with Crippen LogP contribution in [0.5, 0.6) is 0 Å². The van der Waals surface area contributed by atoms with Gasteiger partial charge in [-0.3, -0.25) is 0 Å². The highest BCUT2D eigenvalue weighted by atomic mass is 15.2. The Labute approximate surface area is 50.7 Å². The lowest BCUT2D eigenvalue weighted by molar-refractivity contribution is 0.117. The molecule has 1 heterocycles. The van der Waals surface area contributed by atoms with Gasteiger partial charge in [-0.15, -0.1) is 0 Å². The molecule has 1 aliphatic heterocycles. The highest BCUT2D eigenvalue weighted by Crippen LogP contribution is 2.14. The molecule has 0 aliphatic carbocycles. The summed E-state index contributed by atoms with van der Waals surface area (Å²) in [5.74, 6) is 0.764. The van der Waals surface area contributed by atoms with E-state index in [4.69, 9.17) is 5.73 Å². The highest BCUT2D eigenvalue weighted by molar-refractivity contribution is 4.82. The fourth-order valence-electron chi connectivity index (χ4n) is 1.08. The first-order valence-electron chi connectivity index (χ1n) is 3.14. The first-order chi connectivity index (χ1) is 3.70. The number of hydrogen-bond donors (Lipinski definition) is 1. The molecule has 0 aromatic rings. The van der Waals surface area contributed by atoms with Crippen LogP contribution in [0.2, 0.25) is 0 Å². The van der Waals surface area contributed by atoms with Crippen LogP contribution in [0.1, 0.15) is 6.92 Å². The van der Waals surface area contributed by atoms with Gasteiger partial charge >= 0.3 is 0 Å². The number of rotatable bonds is 1. The van der Waals surface area contributed by atoms with E-state index in [2.05, 4.69) is 18.9 Å². The summed E-state index contributed by atoms with van der Waals surface area (Å²) in [6.45, 7) is 4.47. The van der Waals surface area contributed by atoms with Crippen molar-refractivity contribution < 1.29 is 0 Å². The first-order valence-corrected chi connectivity index (χ1v) is 3.14. The minimum atomic E-state index is 0.395. The molecule has 0 amide bonds. The van der Waals surface area contributed by atoms with E-state index >= 15 is 0 Å². The molecule has 1 unspecified atom stereocenters. The maximum Gasteiger partial charge on any atom is 0.00632 e. The van der Waals surface area contributed by atoms with Crippen LogP contribution in [0.25, 0.3) is 0 Å². The summed E-state index contributed by atoms with van der Waals surface area (Å²) < 4.78 is 0. The SMILES string of the molecule is CC(N)C1CN(C)C1. The molecule has 0 radical (unpaired) electrons. The molecule has 8 heavy (non-hydrogen) atoms. The van der Waals surface area contributed by atoms with Crippen LogP contribution < -0.4 is 5.73 Å². The fourth-order valence-corrected chi connectivity index (χ4v) is 1.08. The number of hydrogen-bond acceptors (Lipinski definition) is 2. The van der Waals surface area contributed by atoms with E-state index in [1.807, 2.05) is 0 Å². The van der Waals surface area contributed by atoms with E-state index in [1.165, 1.54) is 13.1 Å². The molecule has 1 atom stereocenters. The molecule has 1 rings (SSSR count). The average molecular weight is 114 g/mol. The van der Waals surface area contributed by atoms with Crippen LogP contribution in [0, 0.1) is 5.92 Å². The molecular weight excluding hydrogens is 100 g/mol. The quantitative estimate of drug-likeness (QED) is 0.515. The molecule has 2 nitrogen and oxygen atoms in total. The van der Waals surface area contributed by atoms with Gasteiger partial charge in [0.05, 0.1) is 0 Å². The van der Waals surface area contributed by atoms with Gasteiger partial charge in [0.15, 0.2) is 0 Å². The molecule has 2 N–H and O–H groups in total. The van der Waals surface area contributed by atoms with E-state index in [0.29, 0.717) is 6.04 Å². The number of likely N-dealkylation sites (tertiary alicyclic amines) is 1. The normalized spacial score (nSPS) is 27.4. The molecule has 0 aromatic carbocycles. The summed E-state index contributed by atoms with van der Waals surface area (Å²) in [5, 5.41) is 0. The average Bonchev–Trinajstić information content (AvgIpc) is 1.57. The van der Waals surface area contributed by atoms with E-state index in [0.717, 1.165) is 5.92 Å². The highest BCUT2D eigenvalue weighted by Gasteiger charge is 2.25. The van der Waals surface area contributed by atoms with Gasteiger partial charge in [-0.25, -0.2) is 0 Å². The van der Waals surface area contributed by atoms with E-state index in [9.17, 15) is 0 Å². The Balaban J connectivity index is 2.15. The van der Waals surface area contributed by atoms with Crippen LogP contribution in [0.15, 0.2) is 0 Å². The second kappa shape index (κ2) is 2.03. The molecule has 0 bridgehead atoms. The summed E-state index contributed by atoms with van der Waals surface area (Å²) in [6, 6.07) is 0.395. The summed E-state index contributed by atoms with van der Waals surface area (Å²) in [4.78, 5) is 2.29. The lowest BCUT2D eigenvalue weighted by Gasteiger charge is -2.38. The first kappa shape index (κ1) is 6.05. The van der Waals surface area contributed by atoms with Gasteiger partial charge in [-0.2, -0.15) is 0 Å². The van der Waals surface area contributed by atoms with Crippen molar-refractivity contribution >= 4 is 0 Å². The number of nitrogens with zero attached hydrogens (tertiary/aromatic N) is 1. The van der Waals surface area contributed by atoms with Crippen molar-refractivity contribution in [1.82, 2.24) is 4.90 Å². The minimum absolute atomic E-state index is 0.395. The van der Waals surface area contributed by atoms with Gasteiger partial charge < -0.3 is 10.6 Å². The standard InChI is InChI=1S/C6H14N2/c1-5(7)6-3-8(2)4-6/h5-6H,3-4,7H2,1-2H3. The molecule has 48 valence electrons. The van der Waals surface area contributed by atoms with Crippen LogP contribution in [-0.4, -0.2) is 31.1 Å². The summed E-state index contributed by atoms with van der Waals surface area (Å²) in [6.07, 6.45) is 0. The lowest BCUT2D eigenvalue weighted by atomic mass is 9.94. The van der Waals surface area contributed by atoms with Crippen molar-refractivity contribution in [3.05, 3.63) is 0 Å². The molecule has 0 spiro atoms. The van der Waals surface area contributed by atoms with Crippen molar-refractivity contribution in [1.29, 1.82) is 0 Å². The van der Waals surface area contributed by atoms with Crippen LogP contribution in [0.4, 0.5) is 0 Å². The van der Waals surface area contributed by atoms with Crippen molar-refractivity contribution in [3.63, 3.8) is 0 Å². The molecule has 1 fully saturated rings. The zero-order valence-electron chi connectivity index (χ0n) is 5.59. The van der Waals surface area contributed by atoms with E-state index in [1.54, 1.807) is 0 Å². The van der Waals surface area contributed by atoms with E-state index in [-0.39, 0.29) is 0 Å². The Morgan fingerprint density at radius 3 is 2.25 bits per heavy atom. The Kier molecular flexibility index (Phi) is 1.54. The van der Waals surface area contributed by atoms with Crippen LogP contribution in [0.3, 0.4) is 0 Å². The largest absolute Gasteiger partial charge is 0.328 e. The maximum atomic E-state index is 5.63. The van der Waals surface area contributed by atoms with Crippen molar-refractivity contribution in [3.8, 4) is 0 Å². The summed E-state index contributed by atoms with van der Waals surface area (Å²) >= 11 is 0. The van der Waals surface area contributed by atoms with Crippen molar-refractivity contribution in [2.45, 2.75) is 13.0 Å². The smallest absolute Gasteiger partial charge is 0.00632 e. The second-order valence-corrected chi connectivity index (χ2v) is 2.84. The Bertz CT molecular complexity index is 74.6. The van der Waals surface area contributed by atoms with Gasteiger partial charge in [0.1, 0.15) is 0 Å². The lowest BCUT2D eigenvalue weighted by Crippen LogP contribution is -2.51. The second-order valence-electron chi connectivity index (χ2n) is 2.84. The molecule has 0 aromatic heterocycles. The topological polar surface area (TPSA) is 29.3 Å². The van der Waals surface area contributed by atoms with Crippen molar-refractivity contribution in [2.75, 3.05) is 20.1 Å². The third kappa shape index (κ3) is 1.01. The van der Waals surface area contributed by atoms with Gasteiger partial charge in [0.2, 0.25) is 0 Å². The van der Waals surface area contributed by atoms with Gasteiger partial charge in [-0.05, 0) is 19.9 Å². The zero-order chi connectivity index (χ0) is 6.15. The van der Waals surface area contributed by atoms with Crippen molar-refractivity contribution in [2.24, 2.45) is 11.7 Å². The summed E-state index contributed by atoms with van der Waals surface area (Å²) in [7, 11) is 2.12. The predicted molar refractivity (Wildman–Crippen MR) is 34.6 cm³/mol. The zero-order valence-corrected chi connectivity index (χ0v) is 5.59. The van der Waals surface area contributed by atoms with Gasteiger partial charge in [-0.1, -0.05) is 0 Å². The Hall–Kier alpha value is -0.0800. The maximum absolute atomic E-state index is 5.63. The molecule has 1 aliphatic rings. The summed E-state index contributed by atoms with van der Waals surface area (Å²) in [5.41, 5.74) is 5.63. The predicted octanol–water partition coefficient (Wildman–Crippen LogP) is -0.105. The van der Waals surface area contributed by atoms with Crippen LogP contribution in [-0.2, 0) is 0 Å². The Morgan fingerprint density at radius 1 is 1.62 bits per heavy atom. The molecule has 2 heteroatoms. The Morgan fingerprint density at radius 2 is 2.12 bits per heavy atom. The monoisotopic (exact) mass is 114 g/mol. The number of nitrogens with two attached hydrogens (primary N) is 1. The molecule has 0 saturated carbocycles. The van der Waals surface area contributed by atoms with Crippen LogP contribution >= 0.6 is 0 Å². The molecular formula is C6H14N2. The minimum Gasteiger partial charge on any atom is -0.328 e.